The zero-order valence-electron chi connectivity index (χ0n) is 10.4. The Morgan fingerprint density at radius 1 is 1.47 bits per heavy atom. The standard InChI is InChI=1S/C10H14ClN3O4S/c1-3-18-10(15)14-19(16,17)13-9-5-7(11)8(12)4-6(9)2/h4-5,13H,3,12H2,1-2H3,(H,14,15). The second-order valence-corrected chi connectivity index (χ2v) is 5.44. The Kier molecular flexibility index (Phi) is 4.84. The number of halogens is 1. The normalized spacial score (nSPS) is 10.9. The van der Waals surface area contributed by atoms with Gasteiger partial charge in [0.1, 0.15) is 0 Å². The van der Waals surface area contributed by atoms with E-state index in [1.807, 2.05) is 0 Å². The Morgan fingerprint density at radius 2 is 2.11 bits per heavy atom. The highest BCUT2D eigenvalue weighted by molar-refractivity contribution is 7.91. The van der Waals surface area contributed by atoms with Crippen LogP contribution in [0.4, 0.5) is 16.2 Å². The predicted octanol–water partition coefficient (Wildman–Crippen LogP) is 1.63. The van der Waals surface area contributed by atoms with Gasteiger partial charge in [-0.25, -0.2) is 9.52 Å². The lowest BCUT2D eigenvalue weighted by Crippen LogP contribution is -2.35. The first kappa shape index (κ1) is 15.4. The summed E-state index contributed by atoms with van der Waals surface area (Å²) >= 11 is 5.80. The third-order valence-corrected chi connectivity index (χ3v) is 3.33. The van der Waals surface area contributed by atoms with E-state index in [4.69, 9.17) is 17.3 Å². The van der Waals surface area contributed by atoms with Crippen molar-refractivity contribution >= 4 is 39.3 Å². The van der Waals surface area contributed by atoms with Crippen molar-refractivity contribution in [2.45, 2.75) is 13.8 Å². The summed E-state index contributed by atoms with van der Waals surface area (Å²) < 4.78 is 31.6. The molecule has 1 amide bonds. The first-order valence-corrected chi connectivity index (χ1v) is 7.14. The van der Waals surface area contributed by atoms with Gasteiger partial charge in [0.15, 0.2) is 0 Å². The summed E-state index contributed by atoms with van der Waals surface area (Å²) in [5.41, 5.74) is 6.69. The van der Waals surface area contributed by atoms with Gasteiger partial charge >= 0.3 is 16.3 Å². The van der Waals surface area contributed by atoms with Crippen LogP contribution in [0.25, 0.3) is 0 Å². The van der Waals surface area contributed by atoms with E-state index in [9.17, 15) is 13.2 Å². The van der Waals surface area contributed by atoms with E-state index in [1.54, 1.807) is 18.6 Å². The van der Waals surface area contributed by atoms with Gasteiger partial charge in [-0.2, -0.15) is 8.42 Å². The monoisotopic (exact) mass is 307 g/mol. The van der Waals surface area contributed by atoms with Gasteiger partial charge in [-0.15, -0.1) is 0 Å². The number of hydrogen-bond acceptors (Lipinski definition) is 5. The molecule has 0 aliphatic heterocycles. The molecule has 106 valence electrons. The highest BCUT2D eigenvalue weighted by Gasteiger charge is 2.16. The van der Waals surface area contributed by atoms with Crippen LogP contribution in [0.15, 0.2) is 12.1 Å². The van der Waals surface area contributed by atoms with E-state index in [1.165, 1.54) is 12.1 Å². The van der Waals surface area contributed by atoms with Crippen molar-refractivity contribution in [2.24, 2.45) is 0 Å². The molecule has 0 bridgehead atoms. The van der Waals surface area contributed by atoms with E-state index in [0.717, 1.165) is 0 Å². The van der Waals surface area contributed by atoms with Gasteiger partial charge in [-0.05, 0) is 31.5 Å². The van der Waals surface area contributed by atoms with Crippen LogP contribution < -0.4 is 15.2 Å². The van der Waals surface area contributed by atoms with Crippen molar-refractivity contribution < 1.29 is 17.9 Å². The average molecular weight is 308 g/mol. The molecule has 0 atom stereocenters. The third kappa shape index (κ3) is 4.49. The number of benzene rings is 1. The minimum atomic E-state index is -4.08. The molecule has 0 saturated carbocycles. The molecule has 0 aromatic heterocycles. The van der Waals surface area contributed by atoms with E-state index in [0.29, 0.717) is 11.3 Å². The number of rotatable bonds is 4. The summed E-state index contributed by atoms with van der Waals surface area (Å²) in [4.78, 5) is 11.1. The second-order valence-electron chi connectivity index (χ2n) is 3.62. The van der Waals surface area contributed by atoms with Crippen LogP contribution in [-0.4, -0.2) is 21.1 Å². The summed E-state index contributed by atoms with van der Waals surface area (Å²) in [5, 5.41) is 0.208. The number of hydrogen-bond donors (Lipinski definition) is 3. The molecule has 7 nitrogen and oxygen atoms in total. The van der Waals surface area contributed by atoms with Gasteiger partial charge < -0.3 is 10.5 Å². The van der Waals surface area contributed by atoms with E-state index < -0.39 is 16.3 Å². The molecule has 1 aromatic rings. The second kappa shape index (κ2) is 5.98. The lowest BCUT2D eigenvalue weighted by Gasteiger charge is -2.12. The molecule has 0 aliphatic rings. The summed E-state index contributed by atoms with van der Waals surface area (Å²) in [7, 11) is -4.08. The number of nitrogens with one attached hydrogen (secondary N) is 2. The highest BCUT2D eigenvalue weighted by Crippen LogP contribution is 2.27. The Bertz CT molecular complexity index is 589. The van der Waals surface area contributed by atoms with Gasteiger partial charge in [0.2, 0.25) is 0 Å². The predicted molar refractivity (Wildman–Crippen MR) is 73.3 cm³/mol. The fourth-order valence-corrected chi connectivity index (χ4v) is 2.26. The van der Waals surface area contributed by atoms with Crippen LogP contribution in [0.2, 0.25) is 5.02 Å². The summed E-state index contributed by atoms with van der Waals surface area (Å²) in [6, 6.07) is 2.88. The van der Waals surface area contributed by atoms with Crippen molar-refractivity contribution in [1.82, 2.24) is 4.72 Å². The molecule has 0 saturated heterocycles. The van der Waals surface area contributed by atoms with E-state index in [-0.39, 0.29) is 17.3 Å². The van der Waals surface area contributed by atoms with Crippen LogP contribution in [0, 0.1) is 6.92 Å². The van der Waals surface area contributed by atoms with Gasteiger partial charge in [0.05, 0.1) is 23.0 Å². The molecule has 9 heteroatoms. The molecule has 4 N–H and O–H groups in total. The summed E-state index contributed by atoms with van der Waals surface area (Å²) in [6.45, 7) is 3.27. The molecule has 0 fully saturated rings. The van der Waals surface area contributed by atoms with Crippen molar-refractivity contribution in [3.63, 3.8) is 0 Å². The molecule has 0 aliphatic carbocycles. The Morgan fingerprint density at radius 3 is 2.68 bits per heavy atom. The lowest BCUT2D eigenvalue weighted by atomic mass is 10.2. The number of anilines is 2. The topological polar surface area (TPSA) is 111 Å². The molecule has 19 heavy (non-hydrogen) atoms. The van der Waals surface area contributed by atoms with Gasteiger partial charge in [-0.1, -0.05) is 11.6 Å². The number of nitrogens with two attached hydrogens (primary N) is 1. The first-order valence-electron chi connectivity index (χ1n) is 5.28. The van der Waals surface area contributed by atoms with Crippen LogP contribution in [0.5, 0.6) is 0 Å². The van der Waals surface area contributed by atoms with Gasteiger partial charge in [0.25, 0.3) is 0 Å². The molecule has 0 heterocycles. The molecule has 1 aromatic carbocycles. The number of carbonyl (C=O) groups excluding carboxylic acids is 1. The van der Waals surface area contributed by atoms with Crippen LogP contribution in [-0.2, 0) is 14.9 Å². The molecule has 0 radical (unpaired) electrons. The van der Waals surface area contributed by atoms with Gasteiger partial charge in [-0.3, -0.25) is 4.72 Å². The lowest BCUT2D eigenvalue weighted by molar-refractivity contribution is 0.159. The smallest absolute Gasteiger partial charge is 0.422 e. The number of aryl methyl sites for hydroxylation is 1. The van der Waals surface area contributed by atoms with E-state index >= 15 is 0 Å². The number of ether oxygens (including phenoxy) is 1. The Hall–Kier alpha value is -1.67. The number of amides is 1. The molecule has 0 unspecified atom stereocenters. The van der Waals surface area contributed by atoms with Crippen LogP contribution in [0.3, 0.4) is 0 Å². The minimum Gasteiger partial charge on any atom is -0.449 e. The molecular formula is C10H14ClN3O4S. The summed E-state index contributed by atoms with van der Waals surface area (Å²) in [5.74, 6) is 0. The van der Waals surface area contributed by atoms with Crippen LogP contribution in [0.1, 0.15) is 12.5 Å². The number of carbonyl (C=O) groups is 1. The maximum absolute atomic E-state index is 11.6. The van der Waals surface area contributed by atoms with E-state index in [2.05, 4.69) is 9.46 Å². The van der Waals surface area contributed by atoms with Crippen molar-refractivity contribution in [2.75, 3.05) is 17.1 Å². The minimum absolute atomic E-state index is 0.0636. The van der Waals surface area contributed by atoms with Gasteiger partial charge in [0, 0.05) is 0 Å². The summed E-state index contributed by atoms with van der Waals surface area (Å²) in [6.07, 6.45) is -1.06. The Labute approximate surface area is 116 Å². The van der Waals surface area contributed by atoms with Crippen LogP contribution >= 0.6 is 11.6 Å². The number of nitrogen functional groups attached to an aromatic ring is 1. The fraction of sp³-hybridized carbons (Fsp3) is 0.300. The van der Waals surface area contributed by atoms with Crippen molar-refractivity contribution in [3.8, 4) is 0 Å². The maximum Gasteiger partial charge on any atom is 0.422 e. The maximum atomic E-state index is 11.6. The zero-order chi connectivity index (χ0) is 14.6. The SMILES string of the molecule is CCOC(=O)NS(=O)(=O)Nc1cc(Cl)c(N)cc1C. The third-order valence-electron chi connectivity index (χ3n) is 2.08. The Balaban J connectivity index is 2.90. The first-order chi connectivity index (χ1) is 8.75. The van der Waals surface area contributed by atoms with Crippen molar-refractivity contribution in [1.29, 1.82) is 0 Å². The highest BCUT2D eigenvalue weighted by atomic mass is 35.5. The van der Waals surface area contributed by atoms with Crippen molar-refractivity contribution in [3.05, 3.63) is 22.7 Å². The fourth-order valence-electron chi connectivity index (χ4n) is 1.25. The molecule has 0 spiro atoms. The zero-order valence-corrected chi connectivity index (χ0v) is 11.9. The largest absolute Gasteiger partial charge is 0.449 e. The quantitative estimate of drug-likeness (QED) is 0.732. The molecule has 1 rings (SSSR count). The average Bonchev–Trinajstić information content (AvgIpc) is 2.24. The molecular weight excluding hydrogens is 294 g/mol.